The average Bonchev–Trinajstić information content (AvgIpc) is 2.48. The smallest absolute Gasteiger partial charge is 0.232 e. The summed E-state index contributed by atoms with van der Waals surface area (Å²) in [5, 5.41) is 0. The fraction of sp³-hybridized carbons (Fsp3) is 0.588. The fourth-order valence-electron chi connectivity index (χ4n) is 2.70. The van der Waals surface area contributed by atoms with Gasteiger partial charge in [0, 0.05) is 36.0 Å². The molecule has 0 saturated carbocycles. The number of rotatable bonds is 4. The van der Waals surface area contributed by atoms with Gasteiger partial charge in [-0.25, -0.2) is 8.42 Å². The van der Waals surface area contributed by atoms with Crippen molar-refractivity contribution < 1.29 is 17.9 Å². The fourth-order valence-corrected chi connectivity index (χ4v) is 3.27. The summed E-state index contributed by atoms with van der Waals surface area (Å²) in [6.07, 6.45) is 2.70. The standard InChI is InChI=1S/C17H26N2O4S/c1-17(2,3)16(20)19(15-9-11-23-12-10-15)14-7-5-13(6-8-14)18-24(4,21)22/h5-8,15,18H,9-12H2,1-4H3. The van der Waals surface area contributed by atoms with Gasteiger partial charge in [0.15, 0.2) is 0 Å². The van der Waals surface area contributed by atoms with Gasteiger partial charge in [-0.3, -0.25) is 9.52 Å². The highest BCUT2D eigenvalue weighted by atomic mass is 32.2. The van der Waals surface area contributed by atoms with Gasteiger partial charge in [-0.05, 0) is 37.1 Å². The lowest BCUT2D eigenvalue weighted by Gasteiger charge is -2.38. The molecule has 2 rings (SSSR count). The number of hydrogen-bond acceptors (Lipinski definition) is 4. The maximum atomic E-state index is 13.0. The molecule has 1 aromatic rings. The van der Waals surface area contributed by atoms with Crippen molar-refractivity contribution in [1.29, 1.82) is 0 Å². The van der Waals surface area contributed by atoms with Gasteiger partial charge in [-0.2, -0.15) is 0 Å². The first-order chi connectivity index (χ1) is 11.1. The Morgan fingerprint density at radius 3 is 2.17 bits per heavy atom. The third-order valence-corrected chi connectivity index (χ3v) is 4.47. The topological polar surface area (TPSA) is 75.7 Å². The van der Waals surface area contributed by atoms with E-state index in [0.29, 0.717) is 18.9 Å². The highest BCUT2D eigenvalue weighted by molar-refractivity contribution is 7.92. The van der Waals surface area contributed by atoms with Gasteiger partial charge >= 0.3 is 0 Å². The summed E-state index contributed by atoms with van der Waals surface area (Å²) in [7, 11) is -3.32. The minimum Gasteiger partial charge on any atom is -0.381 e. The second-order valence-corrected chi connectivity index (χ2v) is 8.94. The molecule has 1 fully saturated rings. The second kappa shape index (κ2) is 7.11. The van der Waals surface area contributed by atoms with E-state index in [1.54, 1.807) is 24.3 Å². The van der Waals surface area contributed by atoms with Crippen LogP contribution in [0.4, 0.5) is 11.4 Å². The molecule has 0 aromatic heterocycles. The van der Waals surface area contributed by atoms with Crippen molar-refractivity contribution in [2.75, 3.05) is 29.1 Å². The average molecular weight is 354 g/mol. The third kappa shape index (κ3) is 4.95. The third-order valence-electron chi connectivity index (χ3n) is 3.87. The molecular formula is C17H26N2O4S. The Kier molecular flexibility index (Phi) is 5.55. The molecule has 1 heterocycles. The van der Waals surface area contributed by atoms with E-state index >= 15 is 0 Å². The number of carbonyl (C=O) groups excluding carboxylic acids is 1. The Bertz CT molecular complexity index is 672. The molecule has 0 bridgehead atoms. The van der Waals surface area contributed by atoms with Gasteiger partial charge in [0.25, 0.3) is 0 Å². The Morgan fingerprint density at radius 2 is 1.71 bits per heavy atom. The monoisotopic (exact) mass is 354 g/mol. The van der Waals surface area contributed by atoms with Crippen LogP contribution in [-0.2, 0) is 19.6 Å². The number of nitrogens with zero attached hydrogens (tertiary/aromatic N) is 1. The van der Waals surface area contributed by atoms with Crippen molar-refractivity contribution in [1.82, 2.24) is 0 Å². The molecule has 1 aliphatic heterocycles. The Morgan fingerprint density at radius 1 is 1.17 bits per heavy atom. The summed E-state index contributed by atoms with van der Waals surface area (Å²) < 4.78 is 30.5. The molecular weight excluding hydrogens is 328 g/mol. The SMILES string of the molecule is CC(C)(C)C(=O)N(c1ccc(NS(C)(=O)=O)cc1)C1CCOCC1. The Labute approximate surface area is 144 Å². The molecule has 1 amide bonds. The van der Waals surface area contributed by atoms with Crippen molar-refractivity contribution in [3.8, 4) is 0 Å². The van der Waals surface area contributed by atoms with Crippen LogP contribution in [-0.4, -0.2) is 39.8 Å². The van der Waals surface area contributed by atoms with Crippen molar-refractivity contribution in [3.05, 3.63) is 24.3 Å². The Balaban J connectivity index is 2.31. The first kappa shape index (κ1) is 18.7. The van der Waals surface area contributed by atoms with Crippen LogP contribution in [0.1, 0.15) is 33.6 Å². The molecule has 0 atom stereocenters. The predicted octanol–water partition coefficient (Wildman–Crippen LogP) is 2.62. The van der Waals surface area contributed by atoms with Crippen LogP contribution in [0, 0.1) is 5.41 Å². The number of nitrogens with one attached hydrogen (secondary N) is 1. The Hall–Kier alpha value is -1.60. The molecule has 0 unspecified atom stereocenters. The molecule has 1 aromatic carbocycles. The summed E-state index contributed by atoms with van der Waals surface area (Å²) in [5.74, 6) is 0.0539. The summed E-state index contributed by atoms with van der Waals surface area (Å²) in [5.41, 5.74) is 0.763. The molecule has 1 N–H and O–H groups in total. The van der Waals surface area contributed by atoms with Crippen molar-refractivity contribution in [2.45, 2.75) is 39.7 Å². The normalized spacial score (nSPS) is 16.7. The van der Waals surface area contributed by atoms with Gasteiger partial charge in [-0.1, -0.05) is 20.8 Å². The quantitative estimate of drug-likeness (QED) is 0.902. The van der Waals surface area contributed by atoms with Crippen molar-refractivity contribution in [3.63, 3.8) is 0 Å². The van der Waals surface area contributed by atoms with Crippen LogP contribution in [0.3, 0.4) is 0 Å². The molecule has 0 spiro atoms. The first-order valence-corrected chi connectivity index (χ1v) is 9.96. The van der Waals surface area contributed by atoms with Crippen LogP contribution >= 0.6 is 0 Å². The number of ether oxygens (including phenoxy) is 1. The molecule has 0 aliphatic carbocycles. The van der Waals surface area contributed by atoms with E-state index in [1.807, 2.05) is 25.7 Å². The van der Waals surface area contributed by atoms with Gasteiger partial charge in [0.05, 0.1) is 6.26 Å². The van der Waals surface area contributed by atoms with E-state index < -0.39 is 15.4 Å². The van der Waals surface area contributed by atoms with Crippen molar-refractivity contribution in [2.24, 2.45) is 5.41 Å². The van der Waals surface area contributed by atoms with E-state index in [4.69, 9.17) is 4.74 Å². The molecule has 1 saturated heterocycles. The van der Waals surface area contributed by atoms with Gasteiger partial charge in [-0.15, -0.1) is 0 Å². The zero-order chi connectivity index (χ0) is 18.0. The van der Waals surface area contributed by atoms with E-state index in [2.05, 4.69) is 4.72 Å². The number of amides is 1. The van der Waals surface area contributed by atoms with Crippen LogP contribution in [0.25, 0.3) is 0 Å². The summed E-state index contributed by atoms with van der Waals surface area (Å²) in [4.78, 5) is 14.8. The molecule has 0 radical (unpaired) electrons. The van der Waals surface area contributed by atoms with Gasteiger partial charge < -0.3 is 9.64 Å². The lowest BCUT2D eigenvalue weighted by atomic mass is 9.92. The molecule has 1 aliphatic rings. The number of carbonyl (C=O) groups is 1. The van der Waals surface area contributed by atoms with E-state index in [9.17, 15) is 13.2 Å². The number of anilines is 2. The number of benzene rings is 1. The van der Waals surface area contributed by atoms with E-state index in [0.717, 1.165) is 24.8 Å². The summed E-state index contributed by atoms with van der Waals surface area (Å²) in [6, 6.07) is 7.02. The minimum absolute atomic E-state index is 0.0539. The van der Waals surface area contributed by atoms with Crippen molar-refractivity contribution >= 4 is 27.3 Å². The van der Waals surface area contributed by atoms with Crippen LogP contribution < -0.4 is 9.62 Å². The highest BCUT2D eigenvalue weighted by Gasteiger charge is 2.33. The number of hydrogen-bond donors (Lipinski definition) is 1. The maximum absolute atomic E-state index is 13.0. The number of sulfonamides is 1. The second-order valence-electron chi connectivity index (χ2n) is 7.19. The van der Waals surface area contributed by atoms with Crippen LogP contribution in [0.15, 0.2) is 24.3 Å². The zero-order valence-corrected chi connectivity index (χ0v) is 15.5. The lowest BCUT2D eigenvalue weighted by molar-refractivity contribution is -0.126. The maximum Gasteiger partial charge on any atom is 0.232 e. The first-order valence-electron chi connectivity index (χ1n) is 8.07. The largest absolute Gasteiger partial charge is 0.381 e. The van der Waals surface area contributed by atoms with Crippen LogP contribution in [0.2, 0.25) is 0 Å². The van der Waals surface area contributed by atoms with Crippen LogP contribution in [0.5, 0.6) is 0 Å². The van der Waals surface area contributed by atoms with Gasteiger partial charge in [0.2, 0.25) is 15.9 Å². The molecule has 6 nitrogen and oxygen atoms in total. The summed E-state index contributed by atoms with van der Waals surface area (Å²) in [6.45, 7) is 7.00. The molecule has 7 heteroatoms. The predicted molar refractivity (Wildman–Crippen MR) is 95.7 cm³/mol. The summed E-state index contributed by atoms with van der Waals surface area (Å²) >= 11 is 0. The van der Waals surface area contributed by atoms with E-state index in [-0.39, 0.29) is 11.9 Å². The minimum atomic E-state index is -3.32. The zero-order valence-electron chi connectivity index (χ0n) is 14.7. The molecule has 24 heavy (non-hydrogen) atoms. The van der Waals surface area contributed by atoms with E-state index in [1.165, 1.54) is 0 Å². The highest BCUT2D eigenvalue weighted by Crippen LogP contribution is 2.30. The van der Waals surface area contributed by atoms with Gasteiger partial charge in [0.1, 0.15) is 0 Å². The molecule has 134 valence electrons. The lowest BCUT2D eigenvalue weighted by Crippen LogP contribution is -2.48.